The monoisotopic (exact) mass is 268 g/mol. The maximum absolute atomic E-state index is 4.22. The summed E-state index contributed by atoms with van der Waals surface area (Å²) in [6.07, 6.45) is 1.98. The van der Waals surface area contributed by atoms with Crippen LogP contribution in [0.3, 0.4) is 0 Å². The Morgan fingerprint density at radius 3 is 2.70 bits per heavy atom. The third-order valence-electron chi connectivity index (χ3n) is 1.55. The van der Waals surface area contributed by atoms with Crippen LogP contribution in [0.1, 0.15) is 6.92 Å². The molecule has 0 saturated carbocycles. The fourth-order valence-electron chi connectivity index (χ4n) is 0.896. The van der Waals surface area contributed by atoms with Crippen LogP contribution in [0.25, 0.3) is 0 Å². The number of hydrogen-bond acceptors (Lipinski definition) is 2. The second-order valence-electron chi connectivity index (χ2n) is 2.21. The highest BCUT2D eigenvalue weighted by Gasteiger charge is 2.25. The van der Waals surface area contributed by atoms with Gasteiger partial charge in [-0.25, -0.2) is 0 Å². The van der Waals surface area contributed by atoms with Crippen molar-refractivity contribution in [2.45, 2.75) is 11.9 Å². The standard InChI is InChI=1S/C6H10Br2N2/c1-2-10-6(8)5(3-7)4-9-10/h4-6H,2-3H2,1H3. The van der Waals surface area contributed by atoms with Crippen molar-refractivity contribution in [3.63, 3.8) is 0 Å². The first-order valence-corrected chi connectivity index (χ1v) is 5.34. The highest BCUT2D eigenvalue weighted by molar-refractivity contribution is 9.10. The molecule has 2 atom stereocenters. The van der Waals surface area contributed by atoms with Crippen molar-refractivity contribution in [2.24, 2.45) is 11.0 Å². The molecular formula is C6H10Br2N2. The van der Waals surface area contributed by atoms with Gasteiger partial charge in [0.25, 0.3) is 0 Å². The van der Waals surface area contributed by atoms with E-state index in [9.17, 15) is 0 Å². The predicted octanol–water partition coefficient (Wildman–Crippen LogP) is 2.04. The van der Waals surface area contributed by atoms with Gasteiger partial charge < -0.3 is 0 Å². The van der Waals surface area contributed by atoms with E-state index in [0.717, 1.165) is 11.9 Å². The molecule has 0 saturated heterocycles. The molecule has 1 aliphatic heterocycles. The first kappa shape index (κ1) is 8.53. The van der Waals surface area contributed by atoms with Crippen molar-refractivity contribution in [3.05, 3.63) is 0 Å². The summed E-state index contributed by atoms with van der Waals surface area (Å²) in [7, 11) is 0. The molecule has 0 spiro atoms. The van der Waals surface area contributed by atoms with Crippen LogP contribution < -0.4 is 0 Å². The van der Waals surface area contributed by atoms with Gasteiger partial charge in [-0.1, -0.05) is 31.9 Å². The van der Waals surface area contributed by atoms with E-state index in [2.05, 4.69) is 43.9 Å². The third kappa shape index (κ3) is 1.53. The largest absolute Gasteiger partial charge is 0.283 e. The smallest absolute Gasteiger partial charge is 0.110 e. The minimum absolute atomic E-state index is 0.386. The van der Waals surface area contributed by atoms with Gasteiger partial charge >= 0.3 is 0 Å². The molecule has 0 amide bonds. The zero-order chi connectivity index (χ0) is 7.56. The summed E-state index contributed by atoms with van der Waals surface area (Å²) in [6, 6.07) is 0. The first-order chi connectivity index (χ1) is 4.79. The molecular weight excluding hydrogens is 260 g/mol. The Bertz CT molecular complexity index is 124. The minimum atomic E-state index is 0.386. The fourth-order valence-corrected chi connectivity index (χ4v) is 2.64. The summed E-state index contributed by atoms with van der Waals surface area (Å²) in [6.45, 7) is 3.07. The topological polar surface area (TPSA) is 15.6 Å². The fraction of sp³-hybridized carbons (Fsp3) is 0.833. The molecule has 10 heavy (non-hydrogen) atoms. The summed E-state index contributed by atoms with van der Waals surface area (Å²) in [5.74, 6) is 0.514. The van der Waals surface area contributed by atoms with Crippen LogP contribution in [0, 0.1) is 5.92 Å². The van der Waals surface area contributed by atoms with Gasteiger partial charge in [-0.15, -0.1) is 0 Å². The lowest BCUT2D eigenvalue weighted by molar-refractivity contribution is 0.296. The Morgan fingerprint density at radius 1 is 1.70 bits per heavy atom. The normalized spacial score (nSPS) is 31.7. The molecule has 58 valence electrons. The molecule has 4 heteroatoms. The van der Waals surface area contributed by atoms with E-state index in [0.29, 0.717) is 10.9 Å². The quantitative estimate of drug-likeness (QED) is 0.553. The molecule has 0 aromatic heterocycles. The average molecular weight is 270 g/mol. The second-order valence-corrected chi connectivity index (χ2v) is 3.80. The molecule has 1 heterocycles. The van der Waals surface area contributed by atoms with Crippen molar-refractivity contribution >= 4 is 38.1 Å². The van der Waals surface area contributed by atoms with E-state index in [1.54, 1.807) is 0 Å². The van der Waals surface area contributed by atoms with Crippen molar-refractivity contribution in [1.29, 1.82) is 0 Å². The Morgan fingerprint density at radius 2 is 2.40 bits per heavy atom. The third-order valence-corrected chi connectivity index (χ3v) is 3.45. The van der Waals surface area contributed by atoms with Gasteiger partial charge in [0.15, 0.2) is 0 Å². The molecule has 0 fully saturated rings. The molecule has 2 unspecified atom stereocenters. The summed E-state index contributed by atoms with van der Waals surface area (Å²) in [5, 5.41) is 7.23. The maximum Gasteiger partial charge on any atom is 0.110 e. The van der Waals surface area contributed by atoms with Crippen molar-refractivity contribution in [1.82, 2.24) is 5.01 Å². The number of halogens is 2. The number of rotatable bonds is 2. The second kappa shape index (κ2) is 3.72. The minimum Gasteiger partial charge on any atom is -0.283 e. The molecule has 2 nitrogen and oxygen atoms in total. The highest BCUT2D eigenvalue weighted by Crippen LogP contribution is 2.23. The van der Waals surface area contributed by atoms with Crippen molar-refractivity contribution in [3.8, 4) is 0 Å². The zero-order valence-electron chi connectivity index (χ0n) is 5.80. The molecule has 0 bridgehead atoms. The molecule has 0 aromatic rings. The van der Waals surface area contributed by atoms with Gasteiger partial charge in [-0.3, -0.25) is 5.01 Å². The first-order valence-electron chi connectivity index (χ1n) is 3.30. The van der Waals surface area contributed by atoms with Crippen LogP contribution in [-0.2, 0) is 0 Å². The maximum atomic E-state index is 4.22. The molecule has 0 N–H and O–H groups in total. The van der Waals surface area contributed by atoms with Gasteiger partial charge in [0.05, 0.1) is 0 Å². The van der Waals surface area contributed by atoms with E-state index in [4.69, 9.17) is 0 Å². The molecule has 1 rings (SSSR count). The van der Waals surface area contributed by atoms with Crippen LogP contribution in [0.2, 0.25) is 0 Å². The number of hydrazone groups is 1. The van der Waals surface area contributed by atoms with E-state index < -0.39 is 0 Å². The van der Waals surface area contributed by atoms with Gasteiger partial charge in [-0.05, 0) is 6.92 Å². The SMILES string of the molecule is CCN1N=CC(CBr)C1Br. The number of alkyl halides is 2. The number of nitrogens with zero attached hydrogens (tertiary/aromatic N) is 2. The lowest BCUT2D eigenvalue weighted by Crippen LogP contribution is -2.26. The summed E-state index contributed by atoms with van der Waals surface area (Å²) >= 11 is 6.99. The Kier molecular flexibility index (Phi) is 3.17. The van der Waals surface area contributed by atoms with E-state index in [-0.39, 0.29) is 0 Å². The van der Waals surface area contributed by atoms with Gasteiger partial charge in [0.1, 0.15) is 4.95 Å². The molecule has 0 aliphatic carbocycles. The van der Waals surface area contributed by atoms with Crippen LogP contribution in [0.15, 0.2) is 5.10 Å². The average Bonchev–Trinajstić information content (AvgIpc) is 2.30. The van der Waals surface area contributed by atoms with Crippen LogP contribution in [0.5, 0.6) is 0 Å². The Hall–Kier alpha value is 0.430. The van der Waals surface area contributed by atoms with E-state index >= 15 is 0 Å². The van der Waals surface area contributed by atoms with Gasteiger partial charge in [0.2, 0.25) is 0 Å². The van der Waals surface area contributed by atoms with Gasteiger partial charge in [0, 0.05) is 24.0 Å². The summed E-state index contributed by atoms with van der Waals surface area (Å²) in [4.78, 5) is 0.386. The Balaban J connectivity index is 2.49. The molecule has 0 radical (unpaired) electrons. The van der Waals surface area contributed by atoms with Crippen LogP contribution in [-0.4, -0.2) is 28.0 Å². The Labute approximate surface area is 77.9 Å². The highest BCUT2D eigenvalue weighted by atomic mass is 79.9. The van der Waals surface area contributed by atoms with Crippen molar-refractivity contribution < 1.29 is 0 Å². The predicted molar refractivity (Wildman–Crippen MR) is 50.9 cm³/mol. The van der Waals surface area contributed by atoms with E-state index in [1.807, 2.05) is 11.2 Å². The summed E-state index contributed by atoms with van der Waals surface area (Å²) in [5.41, 5.74) is 0. The lowest BCUT2D eigenvalue weighted by Gasteiger charge is -2.19. The molecule has 1 aliphatic rings. The molecule has 0 aromatic carbocycles. The van der Waals surface area contributed by atoms with Crippen LogP contribution >= 0.6 is 31.9 Å². The number of hydrogen-bond donors (Lipinski definition) is 0. The van der Waals surface area contributed by atoms with Gasteiger partial charge in [-0.2, -0.15) is 5.10 Å². The summed E-state index contributed by atoms with van der Waals surface area (Å²) < 4.78 is 0. The zero-order valence-corrected chi connectivity index (χ0v) is 8.97. The lowest BCUT2D eigenvalue weighted by atomic mass is 10.2. The van der Waals surface area contributed by atoms with E-state index in [1.165, 1.54) is 0 Å². The van der Waals surface area contributed by atoms with Crippen LogP contribution in [0.4, 0.5) is 0 Å². The van der Waals surface area contributed by atoms with Crippen molar-refractivity contribution in [2.75, 3.05) is 11.9 Å².